The number of amides is 1. The van der Waals surface area contributed by atoms with Gasteiger partial charge in [0.1, 0.15) is 17.2 Å². The molecule has 7 nitrogen and oxygen atoms in total. The fourth-order valence-electron chi connectivity index (χ4n) is 2.65. The van der Waals surface area contributed by atoms with Crippen LogP contribution in [0, 0.1) is 13.8 Å². The molecule has 0 fully saturated rings. The average Bonchev–Trinajstić information content (AvgIpc) is 2.71. The van der Waals surface area contributed by atoms with Crippen LogP contribution < -0.4 is 20.1 Å². The van der Waals surface area contributed by atoms with Crippen LogP contribution in [-0.4, -0.2) is 30.1 Å². The Morgan fingerprint density at radius 1 is 1.00 bits per heavy atom. The molecule has 0 saturated carbocycles. The normalized spacial score (nSPS) is 10.3. The maximum Gasteiger partial charge on any atom is 0.274 e. The summed E-state index contributed by atoms with van der Waals surface area (Å²) in [5.74, 6) is 1.10. The van der Waals surface area contributed by atoms with Crippen molar-refractivity contribution in [3.8, 4) is 11.5 Å². The highest BCUT2D eigenvalue weighted by atomic mass is 16.5. The predicted octanol–water partition coefficient (Wildman–Crippen LogP) is 4.11. The van der Waals surface area contributed by atoms with E-state index in [0.717, 1.165) is 16.8 Å². The van der Waals surface area contributed by atoms with Gasteiger partial charge in [0.05, 0.1) is 19.9 Å². The molecule has 1 amide bonds. The molecule has 0 unspecified atom stereocenters. The van der Waals surface area contributed by atoms with Crippen molar-refractivity contribution in [1.82, 2.24) is 9.97 Å². The van der Waals surface area contributed by atoms with Gasteiger partial charge in [-0.25, -0.2) is 9.97 Å². The van der Waals surface area contributed by atoms with E-state index < -0.39 is 0 Å². The molecule has 2 aromatic carbocycles. The van der Waals surface area contributed by atoms with Crippen molar-refractivity contribution < 1.29 is 14.3 Å². The number of benzene rings is 2. The van der Waals surface area contributed by atoms with Crippen LogP contribution in [0.15, 0.2) is 48.7 Å². The Labute approximate surface area is 163 Å². The van der Waals surface area contributed by atoms with Crippen LogP contribution in [0.25, 0.3) is 0 Å². The Bertz CT molecular complexity index is 1000. The molecule has 0 aliphatic heterocycles. The molecule has 1 heterocycles. The summed E-state index contributed by atoms with van der Waals surface area (Å²) < 4.78 is 10.5. The number of ether oxygens (including phenoxy) is 2. The fraction of sp³-hybridized carbons (Fsp3) is 0.190. The Kier molecular flexibility index (Phi) is 5.74. The first-order valence-electron chi connectivity index (χ1n) is 8.71. The third-order valence-electron chi connectivity index (χ3n) is 4.39. The number of hydrogen-bond donors (Lipinski definition) is 2. The highest BCUT2D eigenvalue weighted by Crippen LogP contribution is 2.29. The van der Waals surface area contributed by atoms with E-state index in [1.165, 1.54) is 13.3 Å². The lowest BCUT2D eigenvalue weighted by Crippen LogP contribution is -2.15. The number of carbonyl (C=O) groups is 1. The topological polar surface area (TPSA) is 85.4 Å². The van der Waals surface area contributed by atoms with E-state index in [1.54, 1.807) is 31.4 Å². The number of methoxy groups -OCH3 is 2. The first-order chi connectivity index (χ1) is 13.5. The number of hydrogen-bond acceptors (Lipinski definition) is 6. The van der Waals surface area contributed by atoms with Crippen LogP contribution in [0.4, 0.5) is 17.3 Å². The monoisotopic (exact) mass is 378 g/mol. The van der Waals surface area contributed by atoms with E-state index in [4.69, 9.17) is 9.47 Å². The Balaban J connectivity index is 1.82. The van der Waals surface area contributed by atoms with E-state index in [1.807, 2.05) is 32.0 Å². The van der Waals surface area contributed by atoms with E-state index >= 15 is 0 Å². The van der Waals surface area contributed by atoms with Gasteiger partial charge in [-0.3, -0.25) is 4.79 Å². The number of nitrogens with one attached hydrogen (secondary N) is 2. The lowest BCUT2D eigenvalue weighted by molar-refractivity contribution is 0.102. The fourth-order valence-corrected chi connectivity index (χ4v) is 2.65. The molecule has 144 valence electrons. The number of aryl methyl sites for hydroxylation is 1. The minimum atomic E-state index is -0.377. The number of anilines is 3. The molecular formula is C21H22N4O3. The smallest absolute Gasteiger partial charge is 0.274 e. The lowest BCUT2D eigenvalue weighted by atomic mass is 10.1. The summed E-state index contributed by atoms with van der Waals surface area (Å²) in [6.07, 6.45) is 1.54. The molecule has 0 aliphatic rings. The summed E-state index contributed by atoms with van der Waals surface area (Å²) in [7, 11) is 3.09. The molecule has 0 saturated heterocycles. The van der Waals surface area contributed by atoms with Crippen LogP contribution in [0.2, 0.25) is 0 Å². The molecule has 2 N–H and O–H groups in total. The SMILES string of the molecule is COc1ccc(OC)c(NC(=O)c2ccnc(Nc3cccc(C)c3C)n2)c1. The summed E-state index contributed by atoms with van der Waals surface area (Å²) >= 11 is 0. The van der Waals surface area contributed by atoms with Crippen molar-refractivity contribution in [2.45, 2.75) is 13.8 Å². The van der Waals surface area contributed by atoms with Crippen LogP contribution in [0.3, 0.4) is 0 Å². The van der Waals surface area contributed by atoms with Crippen LogP contribution in [0.1, 0.15) is 21.6 Å². The molecule has 1 aromatic heterocycles. The van der Waals surface area contributed by atoms with Crippen molar-refractivity contribution >= 4 is 23.2 Å². The molecule has 3 rings (SSSR count). The third-order valence-corrected chi connectivity index (χ3v) is 4.39. The van der Waals surface area contributed by atoms with Gasteiger partial charge in [0.15, 0.2) is 0 Å². The van der Waals surface area contributed by atoms with Crippen LogP contribution in [-0.2, 0) is 0 Å². The number of carbonyl (C=O) groups excluding carboxylic acids is 1. The van der Waals surface area contributed by atoms with Gasteiger partial charge in [0.2, 0.25) is 5.95 Å². The Hall–Kier alpha value is -3.61. The van der Waals surface area contributed by atoms with Crippen molar-refractivity contribution in [2.24, 2.45) is 0 Å². The average molecular weight is 378 g/mol. The molecule has 0 radical (unpaired) electrons. The molecular weight excluding hydrogens is 356 g/mol. The minimum Gasteiger partial charge on any atom is -0.497 e. The van der Waals surface area contributed by atoms with Gasteiger partial charge in [-0.05, 0) is 49.2 Å². The summed E-state index contributed by atoms with van der Waals surface area (Å²) in [6.45, 7) is 4.05. The molecule has 0 spiro atoms. The van der Waals surface area contributed by atoms with Gasteiger partial charge in [-0.1, -0.05) is 12.1 Å². The first kappa shape index (κ1) is 19.2. The zero-order chi connectivity index (χ0) is 20.1. The van der Waals surface area contributed by atoms with Crippen molar-refractivity contribution in [2.75, 3.05) is 24.9 Å². The lowest BCUT2D eigenvalue weighted by Gasteiger charge is -2.12. The largest absolute Gasteiger partial charge is 0.497 e. The van der Waals surface area contributed by atoms with Crippen molar-refractivity contribution in [3.05, 3.63) is 65.5 Å². The highest BCUT2D eigenvalue weighted by molar-refractivity contribution is 6.04. The third kappa shape index (κ3) is 4.20. The van der Waals surface area contributed by atoms with Gasteiger partial charge in [-0.2, -0.15) is 0 Å². The summed E-state index contributed by atoms with van der Waals surface area (Å²) in [4.78, 5) is 21.2. The van der Waals surface area contributed by atoms with Gasteiger partial charge in [-0.15, -0.1) is 0 Å². The van der Waals surface area contributed by atoms with E-state index in [9.17, 15) is 4.79 Å². The zero-order valence-corrected chi connectivity index (χ0v) is 16.2. The quantitative estimate of drug-likeness (QED) is 0.671. The zero-order valence-electron chi connectivity index (χ0n) is 16.2. The van der Waals surface area contributed by atoms with Crippen molar-refractivity contribution in [1.29, 1.82) is 0 Å². The Morgan fingerprint density at radius 3 is 2.57 bits per heavy atom. The number of rotatable bonds is 6. The number of aromatic nitrogens is 2. The summed E-state index contributed by atoms with van der Waals surface area (Å²) in [5.41, 5.74) is 3.88. The van der Waals surface area contributed by atoms with Gasteiger partial charge in [0.25, 0.3) is 5.91 Å². The molecule has 3 aromatic rings. The first-order valence-corrected chi connectivity index (χ1v) is 8.71. The molecule has 0 atom stereocenters. The Morgan fingerprint density at radius 2 is 1.82 bits per heavy atom. The molecule has 0 aliphatic carbocycles. The van der Waals surface area contributed by atoms with E-state index in [2.05, 4.69) is 20.6 Å². The standard InChI is InChI=1S/C21H22N4O3/c1-13-6-5-7-16(14(13)2)24-21-22-11-10-17(25-21)20(26)23-18-12-15(27-3)8-9-19(18)28-4/h5-12H,1-4H3,(H,23,26)(H,22,24,25). The maximum atomic E-state index is 12.7. The van der Waals surface area contributed by atoms with E-state index in [0.29, 0.717) is 23.1 Å². The van der Waals surface area contributed by atoms with Gasteiger partial charge in [0, 0.05) is 18.0 Å². The number of nitrogens with zero attached hydrogens (tertiary/aromatic N) is 2. The summed E-state index contributed by atoms with van der Waals surface area (Å²) in [5, 5.41) is 5.97. The predicted molar refractivity (Wildman–Crippen MR) is 109 cm³/mol. The molecule has 7 heteroatoms. The van der Waals surface area contributed by atoms with E-state index in [-0.39, 0.29) is 11.6 Å². The van der Waals surface area contributed by atoms with Gasteiger partial charge >= 0.3 is 0 Å². The summed E-state index contributed by atoms with van der Waals surface area (Å²) in [6, 6.07) is 12.7. The minimum absolute atomic E-state index is 0.229. The van der Waals surface area contributed by atoms with Crippen LogP contribution in [0.5, 0.6) is 11.5 Å². The second kappa shape index (κ2) is 8.39. The highest BCUT2D eigenvalue weighted by Gasteiger charge is 2.13. The second-order valence-corrected chi connectivity index (χ2v) is 6.16. The molecule has 28 heavy (non-hydrogen) atoms. The maximum absolute atomic E-state index is 12.7. The van der Waals surface area contributed by atoms with Crippen molar-refractivity contribution in [3.63, 3.8) is 0 Å². The van der Waals surface area contributed by atoms with Crippen LogP contribution >= 0.6 is 0 Å². The second-order valence-electron chi connectivity index (χ2n) is 6.16. The van der Waals surface area contributed by atoms with Gasteiger partial charge < -0.3 is 20.1 Å². The molecule has 0 bridgehead atoms.